The molecule has 2 rings (SSSR count). The lowest BCUT2D eigenvalue weighted by atomic mass is 9.90. The number of nitrogens with two attached hydrogens (primary N) is 1. The minimum Gasteiger partial charge on any atom is -0.370 e. The second-order valence-corrected chi connectivity index (χ2v) is 6.78. The van der Waals surface area contributed by atoms with Gasteiger partial charge in [-0.25, -0.2) is 4.99 Å². The number of halogens is 1. The van der Waals surface area contributed by atoms with Crippen molar-refractivity contribution >= 4 is 41.5 Å². The van der Waals surface area contributed by atoms with Gasteiger partial charge in [0.25, 0.3) is 0 Å². The number of hydrogen-bond acceptors (Lipinski definition) is 2. The van der Waals surface area contributed by atoms with E-state index in [-0.39, 0.29) is 47.9 Å². The number of anilines is 1. The first-order valence-corrected chi connectivity index (χ1v) is 7.84. The van der Waals surface area contributed by atoms with Crippen LogP contribution in [0.15, 0.2) is 23.2 Å². The summed E-state index contributed by atoms with van der Waals surface area (Å²) in [6.07, 6.45) is 4.63. The summed E-state index contributed by atoms with van der Waals surface area (Å²) in [5, 5.41) is 5.99. The van der Waals surface area contributed by atoms with Crippen molar-refractivity contribution in [1.29, 1.82) is 0 Å². The zero-order valence-electron chi connectivity index (χ0n) is 14.1. The van der Waals surface area contributed by atoms with Crippen molar-refractivity contribution in [1.82, 2.24) is 5.32 Å². The van der Waals surface area contributed by atoms with E-state index >= 15 is 0 Å². The summed E-state index contributed by atoms with van der Waals surface area (Å²) in [7, 11) is 0. The molecule has 0 saturated heterocycles. The van der Waals surface area contributed by atoms with Gasteiger partial charge in [0.2, 0.25) is 5.91 Å². The predicted molar refractivity (Wildman–Crippen MR) is 107 cm³/mol. The van der Waals surface area contributed by atoms with E-state index in [2.05, 4.69) is 21.7 Å². The Labute approximate surface area is 155 Å². The molecular formula is C17H27IN4O. The highest BCUT2D eigenvalue weighted by Crippen LogP contribution is 2.27. The fourth-order valence-electron chi connectivity index (χ4n) is 2.69. The van der Waals surface area contributed by atoms with Gasteiger partial charge in [-0.05, 0) is 63.6 Å². The van der Waals surface area contributed by atoms with Gasteiger partial charge >= 0.3 is 0 Å². The largest absolute Gasteiger partial charge is 0.370 e. The Balaban J connectivity index is 0.00000264. The van der Waals surface area contributed by atoms with Gasteiger partial charge in [-0.2, -0.15) is 0 Å². The van der Waals surface area contributed by atoms with Gasteiger partial charge in [-0.3, -0.25) is 4.79 Å². The number of amides is 1. The fraction of sp³-hybridized carbons (Fsp3) is 0.529. The summed E-state index contributed by atoms with van der Waals surface area (Å²) in [6.45, 7) is 5.84. The molecule has 4 N–H and O–H groups in total. The van der Waals surface area contributed by atoms with Crippen LogP contribution < -0.4 is 16.4 Å². The van der Waals surface area contributed by atoms with Crippen LogP contribution in [0.1, 0.15) is 44.7 Å². The standard InChI is InChI=1S/C17H26N4O.HI/c1-17(2,3)21-15(22)11-19-16(18)20-14-10-6-8-12-7-4-5-9-13(12)14;/h6,8,10H,4-5,7,9,11H2,1-3H3,(H,21,22)(H3,18,19,20);1H. The molecule has 0 spiro atoms. The second-order valence-electron chi connectivity index (χ2n) is 6.78. The first-order valence-electron chi connectivity index (χ1n) is 7.84. The molecule has 0 bridgehead atoms. The summed E-state index contributed by atoms with van der Waals surface area (Å²) < 4.78 is 0. The van der Waals surface area contributed by atoms with Gasteiger partial charge in [0.15, 0.2) is 5.96 Å². The highest BCUT2D eigenvalue weighted by Gasteiger charge is 2.14. The maximum Gasteiger partial charge on any atom is 0.242 e. The number of benzene rings is 1. The van der Waals surface area contributed by atoms with Crippen molar-refractivity contribution in [3.05, 3.63) is 29.3 Å². The third-order valence-corrected chi connectivity index (χ3v) is 3.57. The van der Waals surface area contributed by atoms with Crippen LogP contribution in [0.3, 0.4) is 0 Å². The van der Waals surface area contributed by atoms with Crippen molar-refractivity contribution in [2.75, 3.05) is 11.9 Å². The van der Waals surface area contributed by atoms with E-state index < -0.39 is 0 Å². The number of hydrogen-bond donors (Lipinski definition) is 3. The highest BCUT2D eigenvalue weighted by atomic mass is 127. The fourth-order valence-corrected chi connectivity index (χ4v) is 2.69. The van der Waals surface area contributed by atoms with Crippen LogP contribution in [0.4, 0.5) is 5.69 Å². The SMILES string of the molecule is CC(C)(C)NC(=O)CN=C(N)Nc1cccc2c1CCCC2.I. The van der Waals surface area contributed by atoms with E-state index in [9.17, 15) is 4.79 Å². The lowest BCUT2D eigenvalue weighted by Gasteiger charge is -2.20. The molecule has 0 radical (unpaired) electrons. The minimum absolute atomic E-state index is 0. The molecule has 1 aromatic rings. The first kappa shape index (κ1) is 19.7. The summed E-state index contributed by atoms with van der Waals surface area (Å²) >= 11 is 0. The molecule has 1 amide bonds. The van der Waals surface area contributed by atoms with E-state index in [1.165, 1.54) is 24.0 Å². The lowest BCUT2D eigenvalue weighted by molar-refractivity contribution is -0.121. The average molecular weight is 430 g/mol. The van der Waals surface area contributed by atoms with Crippen molar-refractivity contribution in [2.45, 2.75) is 52.0 Å². The smallest absolute Gasteiger partial charge is 0.242 e. The van der Waals surface area contributed by atoms with Gasteiger partial charge in [0.05, 0.1) is 0 Å². The van der Waals surface area contributed by atoms with Crippen LogP contribution in [0.5, 0.6) is 0 Å². The molecule has 1 aliphatic rings. The Morgan fingerprint density at radius 1 is 1.26 bits per heavy atom. The Morgan fingerprint density at radius 2 is 1.96 bits per heavy atom. The summed E-state index contributed by atoms with van der Waals surface area (Å²) in [5.41, 5.74) is 9.37. The maximum atomic E-state index is 11.7. The summed E-state index contributed by atoms with van der Waals surface area (Å²) in [4.78, 5) is 15.9. The number of carbonyl (C=O) groups is 1. The van der Waals surface area contributed by atoms with Gasteiger partial charge in [0.1, 0.15) is 6.54 Å². The Bertz CT molecular complexity index is 578. The van der Waals surface area contributed by atoms with Gasteiger partial charge in [-0.15, -0.1) is 24.0 Å². The molecule has 1 aliphatic carbocycles. The van der Waals surface area contributed by atoms with Crippen LogP contribution >= 0.6 is 24.0 Å². The number of aliphatic imine (C=N–C) groups is 1. The molecule has 0 unspecified atom stereocenters. The Morgan fingerprint density at radius 3 is 2.65 bits per heavy atom. The molecule has 128 valence electrons. The van der Waals surface area contributed by atoms with Gasteiger partial charge < -0.3 is 16.4 Å². The normalized spacial score (nSPS) is 14.5. The van der Waals surface area contributed by atoms with Crippen LogP contribution in [0.2, 0.25) is 0 Å². The molecule has 0 aromatic heterocycles. The zero-order chi connectivity index (χ0) is 16.2. The number of nitrogens with zero attached hydrogens (tertiary/aromatic N) is 1. The monoisotopic (exact) mass is 430 g/mol. The minimum atomic E-state index is -0.257. The molecule has 0 saturated carbocycles. The van der Waals surface area contributed by atoms with Crippen molar-refractivity contribution < 1.29 is 4.79 Å². The molecule has 0 atom stereocenters. The van der Waals surface area contributed by atoms with Gasteiger partial charge in [0, 0.05) is 11.2 Å². The number of fused-ring (bicyclic) bond motifs is 1. The van der Waals surface area contributed by atoms with E-state index in [0.29, 0.717) is 0 Å². The predicted octanol–water partition coefficient (Wildman–Crippen LogP) is 2.82. The number of carbonyl (C=O) groups excluding carboxylic acids is 1. The van der Waals surface area contributed by atoms with Crippen LogP contribution in [0.25, 0.3) is 0 Å². The van der Waals surface area contributed by atoms with E-state index in [1.54, 1.807) is 0 Å². The van der Waals surface area contributed by atoms with Crippen molar-refractivity contribution in [2.24, 2.45) is 10.7 Å². The number of aryl methyl sites for hydroxylation is 1. The highest BCUT2D eigenvalue weighted by molar-refractivity contribution is 14.0. The van der Waals surface area contributed by atoms with Crippen LogP contribution in [-0.4, -0.2) is 24.0 Å². The van der Waals surface area contributed by atoms with Crippen molar-refractivity contribution in [3.8, 4) is 0 Å². The Kier molecular flexibility index (Phi) is 7.31. The lowest BCUT2D eigenvalue weighted by Crippen LogP contribution is -2.42. The van der Waals surface area contributed by atoms with E-state index in [4.69, 9.17) is 5.73 Å². The molecule has 0 heterocycles. The molecule has 5 nitrogen and oxygen atoms in total. The molecule has 0 fully saturated rings. The number of nitrogens with one attached hydrogen (secondary N) is 2. The van der Waals surface area contributed by atoms with E-state index in [0.717, 1.165) is 18.5 Å². The topological polar surface area (TPSA) is 79.5 Å². The van der Waals surface area contributed by atoms with E-state index in [1.807, 2.05) is 32.9 Å². The Hall–Kier alpha value is -1.31. The molecule has 23 heavy (non-hydrogen) atoms. The third kappa shape index (κ3) is 6.37. The third-order valence-electron chi connectivity index (χ3n) is 3.57. The summed E-state index contributed by atoms with van der Waals surface area (Å²) in [6, 6.07) is 6.22. The van der Waals surface area contributed by atoms with Crippen molar-refractivity contribution in [3.63, 3.8) is 0 Å². The zero-order valence-corrected chi connectivity index (χ0v) is 16.4. The quantitative estimate of drug-likeness (QED) is 0.392. The maximum absolute atomic E-state index is 11.7. The van der Waals surface area contributed by atoms with Gasteiger partial charge in [-0.1, -0.05) is 12.1 Å². The first-order chi connectivity index (χ1) is 10.3. The number of rotatable bonds is 3. The molecule has 6 heteroatoms. The summed E-state index contributed by atoms with van der Waals surface area (Å²) in [5.74, 6) is 0.148. The average Bonchev–Trinajstić information content (AvgIpc) is 2.44. The second kappa shape index (κ2) is 8.52. The van der Waals surface area contributed by atoms with Crippen LogP contribution in [0, 0.1) is 0 Å². The molecule has 1 aromatic carbocycles. The molecule has 0 aliphatic heterocycles. The molecular weight excluding hydrogens is 403 g/mol. The number of guanidine groups is 1. The van der Waals surface area contributed by atoms with Crippen LogP contribution in [-0.2, 0) is 17.6 Å².